The molecular formula is C16H14N6O2S2. The molecular weight excluding hydrogens is 372 g/mol. The number of anilines is 1. The van der Waals surface area contributed by atoms with Crippen molar-refractivity contribution in [3.63, 3.8) is 0 Å². The zero-order valence-corrected chi connectivity index (χ0v) is 15.6. The van der Waals surface area contributed by atoms with E-state index in [1.807, 2.05) is 31.2 Å². The molecule has 0 aliphatic heterocycles. The Balaban J connectivity index is 1.61. The number of carbonyl (C=O) groups is 1. The number of nitrogens with zero attached hydrogens (tertiary/aromatic N) is 4. The fourth-order valence-corrected chi connectivity index (χ4v) is 3.96. The summed E-state index contributed by atoms with van der Waals surface area (Å²) in [5.41, 5.74) is 1.77. The molecule has 4 aromatic rings. The molecule has 0 saturated carbocycles. The minimum absolute atomic E-state index is 0.118. The number of rotatable bonds is 4. The molecule has 0 radical (unpaired) electrons. The maximum atomic E-state index is 12.6. The lowest BCUT2D eigenvalue weighted by Gasteiger charge is -2.06. The molecule has 0 aliphatic carbocycles. The Morgan fingerprint density at radius 1 is 1.35 bits per heavy atom. The Labute approximate surface area is 155 Å². The molecule has 0 saturated heterocycles. The molecule has 3 heterocycles. The van der Waals surface area contributed by atoms with E-state index in [0.29, 0.717) is 21.3 Å². The van der Waals surface area contributed by atoms with E-state index < -0.39 is 0 Å². The number of benzene rings is 1. The van der Waals surface area contributed by atoms with Gasteiger partial charge in [-0.15, -0.1) is 10.2 Å². The van der Waals surface area contributed by atoms with Crippen LogP contribution in [-0.4, -0.2) is 36.4 Å². The molecule has 0 bridgehead atoms. The van der Waals surface area contributed by atoms with Gasteiger partial charge in [-0.2, -0.15) is 0 Å². The molecule has 0 fully saturated rings. The van der Waals surface area contributed by atoms with Crippen molar-refractivity contribution in [3.05, 3.63) is 39.6 Å². The number of hydrogen-bond donors (Lipinski definition) is 2. The van der Waals surface area contributed by atoms with E-state index >= 15 is 0 Å². The average Bonchev–Trinajstić information content (AvgIpc) is 3.20. The van der Waals surface area contributed by atoms with Gasteiger partial charge in [0.2, 0.25) is 11.0 Å². The van der Waals surface area contributed by atoms with E-state index in [9.17, 15) is 9.59 Å². The van der Waals surface area contributed by atoms with Gasteiger partial charge in [-0.3, -0.25) is 19.5 Å². The van der Waals surface area contributed by atoms with Crippen LogP contribution in [0.3, 0.4) is 0 Å². The van der Waals surface area contributed by atoms with Crippen LogP contribution in [0.25, 0.3) is 21.9 Å². The monoisotopic (exact) mass is 386 g/mol. The molecule has 4 rings (SSSR count). The third-order valence-corrected chi connectivity index (χ3v) is 5.58. The SMILES string of the molecule is Cc1nnc(NC(=O)CSc2nc3c([nH]c4ccccc43)c(=O)n2C)s1. The summed E-state index contributed by atoms with van der Waals surface area (Å²) in [5, 5.41) is 13.0. The van der Waals surface area contributed by atoms with Crippen molar-refractivity contribution >= 4 is 56.1 Å². The third kappa shape index (κ3) is 2.97. The van der Waals surface area contributed by atoms with Gasteiger partial charge < -0.3 is 4.98 Å². The van der Waals surface area contributed by atoms with Crippen LogP contribution in [0, 0.1) is 6.92 Å². The van der Waals surface area contributed by atoms with E-state index in [0.717, 1.165) is 15.9 Å². The first kappa shape index (κ1) is 16.7. The van der Waals surface area contributed by atoms with Crippen molar-refractivity contribution < 1.29 is 4.79 Å². The average molecular weight is 386 g/mol. The lowest BCUT2D eigenvalue weighted by atomic mass is 10.2. The van der Waals surface area contributed by atoms with Gasteiger partial charge >= 0.3 is 0 Å². The molecule has 8 nitrogen and oxygen atoms in total. The number of aromatic amines is 1. The predicted octanol–water partition coefficient (Wildman–Crippen LogP) is 2.31. The molecule has 26 heavy (non-hydrogen) atoms. The number of thioether (sulfide) groups is 1. The van der Waals surface area contributed by atoms with Gasteiger partial charge in [-0.05, 0) is 13.0 Å². The van der Waals surface area contributed by atoms with Crippen molar-refractivity contribution in [2.75, 3.05) is 11.1 Å². The summed E-state index contributed by atoms with van der Waals surface area (Å²) in [6.07, 6.45) is 0. The van der Waals surface area contributed by atoms with E-state index in [4.69, 9.17) is 0 Å². The summed E-state index contributed by atoms with van der Waals surface area (Å²) in [7, 11) is 1.65. The first-order chi connectivity index (χ1) is 12.5. The zero-order valence-electron chi connectivity index (χ0n) is 13.9. The molecule has 10 heteroatoms. The molecule has 1 aromatic carbocycles. The van der Waals surface area contributed by atoms with Gasteiger partial charge in [0.1, 0.15) is 16.0 Å². The Bertz CT molecular complexity index is 1190. The van der Waals surface area contributed by atoms with E-state index in [2.05, 4.69) is 25.5 Å². The second-order valence-electron chi connectivity index (χ2n) is 5.62. The van der Waals surface area contributed by atoms with Crippen LogP contribution in [0.15, 0.2) is 34.2 Å². The molecule has 0 spiro atoms. The number of hydrogen-bond acceptors (Lipinski definition) is 7. The summed E-state index contributed by atoms with van der Waals surface area (Å²) in [6, 6.07) is 7.62. The molecule has 0 atom stereocenters. The summed E-state index contributed by atoms with van der Waals surface area (Å²) in [4.78, 5) is 32.4. The number of aryl methyl sites for hydroxylation is 1. The highest BCUT2D eigenvalue weighted by atomic mass is 32.2. The molecule has 0 unspecified atom stereocenters. The van der Waals surface area contributed by atoms with E-state index in [1.165, 1.54) is 27.7 Å². The standard InChI is InChI=1S/C16H14N6O2S2/c1-8-20-21-15(26-8)18-11(23)7-25-16-19-12-9-5-3-4-6-10(9)17-13(12)14(24)22(16)2/h3-6,17H,7H2,1-2H3,(H,18,21,23). The van der Waals surface area contributed by atoms with Gasteiger partial charge in [0.15, 0.2) is 5.16 Å². The maximum Gasteiger partial charge on any atom is 0.278 e. The third-order valence-electron chi connectivity index (χ3n) is 3.80. The van der Waals surface area contributed by atoms with E-state index in [1.54, 1.807) is 7.05 Å². The second kappa shape index (κ2) is 6.54. The van der Waals surface area contributed by atoms with Crippen LogP contribution in [0.2, 0.25) is 0 Å². The number of carbonyl (C=O) groups excluding carboxylic acids is 1. The molecule has 0 aliphatic rings. The normalized spacial score (nSPS) is 11.3. The zero-order chi connectivity index (χ0) is 18.3. The first-order valence-corrected chi connectivity index (χ1v) is 9.53. The fourth-order valence-electron chi connectivity index (χ4n) is 2.58. The number of H-pyrrole nitrogens is 1. The summed E-state index contributed by atoms with van der Waals surface area (Å²) in [5.74, 6) is -0.105. The topological polar surface area (TPSA) is 106 Å². The number of para-hydroxylation sites is 1. The highest BCUT2D eigenvalue weighted by molar-refractivity contribution is 7.99. The largest absolute Gasteiger partial charge is 0.349 e. The Kier molecular flexibility index (Phi) is 4.21. The first-order valence-electron chi connectivity index (χ1n) is 7.73. The number of nitrogens with one attached hydrogen (secondary N) is 2. The van der Waals surface area contributed by atoms with Gasteiger partial charge in [-0.1, -0.05) is 41.3 Å². The summed E-state index contributed by atoms with van der Waals surface area (Å²) < 4.78 is 1.45. The highest BCUT2D eigenvalue weighted by Gasteiger charge is 2.15. The molecule has 3 aromatic heterocycles. The van der Waals surface area contributed by atoms with E-state index in [-0.39, 0.29) is 17.2 Å². The minimum atomic E-state index is -0.223. The van der Waals surface area contributed by atoms with Gasteiger partial charge in [0.25, 0.3) is 5.56 Å². The van der Waals surface area contributed by atoms with Gasteiger partial charge in [0, 0.05) is 18.0 Å². The van der Waals surface area contributed by atoms with Crippen molar-refractivity contribution in [1.29, 1.82) is 0 Å². The molecule has 132 valence electrons. The highest BCUT2D eigenvalue weighted by Crippen LogP contribution is 2.24. The Morgan fingerprint density at radius 3 is 2.92 bits per heavy atom. The van der Waals surface area contributed by atoms with Crippen LogP contribution in [0.5, 0.6) is 0 Å². The van der Waals surface area contributed by atoms with Crippen LogP contribution in [0.4, 0.5) is 5.13 Å². The lowest BCUT2D eigenvalue weighted by molar-refractivity contribution is -0.113. The van der Waals surface area contributed by atoms with Crippen molar-refractivity contribution in [3.8, 4) is 0 Å². The second-order valence-corrected chi connectivity index (χ2v) is 7.74. The van der Waals surface area contributed by atoms with Crippen molar-refractivity contribution in [1.82, 2.24) is 24.7 Å². The van der Waals surface area contributed by atoms with Crippen molar-refractivity contribution in [2.24, 2.45) is 7.05 Å². The van der Waals surface area contributed by atoms with Crippen LogP contribution in [0.1, 0.15) is 5.01 Å². The lowest BCUT2D eigenvalue weighted by Crippen LogP contribution is -2.21. The number of amides is 1. The van der Waals surface area contributed by atoms with Crippen molar-refractivity contribution in [2.45, 2.75) is 12.1 Å². The Morgan fingerprint density at radius 2 is 2.15 bits per heavy atom. The van der Waals surface area contributed by atoms with Crippen LogP contribution >= 0.6 is 23.1 Å². The minimum Gasteiger partial charge on any atom is -0.349 e. The summed E-state index contributed by atoms with van der Waals surface area (Å²) in [6.45, 7) is 1.82. The molecule has 2 N–H and O–H groups in total. The van der Waals surface area contributed by atoms with Gasteiger partial charge in [0.05, 0.1) is 5.75 Å². The number of aromatic nitrogens is 5. The fraction of sp³-hybridized carbons (Fsp3) is 0.188. The van der Waals surface area contributed by atoms with Crippen LogP contribution in [-0.2, 0) is 11.8 Å². The summed E-state index contributed by atoms with van der Waals surface area (Å²) >= 11 is 2.51. The van der Waals surface area contributed by atoms with Gasteiger partial charge in [-0.25, -0.2) is 4.98 Å². The predicted molar refractivity (Wildman–Crippen MR) is 103 cm³/mol. The molecule has 1 amide bonds. The number of fused-ring (bicyclic) bond motifs is 3. The van der Waals surface area contributed by atoms with Crippen LogP contribution < -0.4 is 10.9 Å². The quantitative estimate of drug-likeness (QED) is 0.412. The smallest absolute Gasteiger partial charge is 0.278 e. The maximum absolute atomic E-state index is 12.6. The Hall–Kier alpha value is -2.72.